The van der Waals surface area contributed by atoms with E-state index in [2.05, 4.69) is 10.6 Å². The van der Waals surface area contributed by atoms with Crippen molar-refractivity contribution in [2.45, 2.75) is 13.8 Å². The Morgan fingerprint density at radius 2 is 2.33 bits per heavy atom. The van der Waals surface area contributed by atoms with E-state index < -0.39 is 0 Å². The topological polar surface area (TPSA) is 53.6 Å². The van der Waals surface area contributed by atoms with Gasteiger partial charge in [-0.3, -0.25) is 0 Å². The standard InChI is InChI=1S/C5H10N4/c1-4-3-9(6)8-7-5(4)2/h3,8H,6H2,1-2H3. The maximum atomic E-state index is 5.33. The maximum Gasteiger partial charge on any atom is 0.0637 e. The molecule has 0 saturated carbocycles. The number of hydrogen-bond acceptors (Lipinski definition) is 4. The molecule has 0 bridgehead atoms. The summed E-state index contributed by atoms with van der Waals surface area (Å²) in [7, 11) is 0. The maximum absolute atomic E-state index is 5.33. The molecule has 0 atom stereocenters. The van der Waals surface area contributed by atoms with Crippen molar-refractivity contribution >= 4 is 5.71 Å². The summed E-state index contributed by atoms with van der Waals surface area (Å²) in [5.74, 6) is 5.33. The van der Waals surface area contributed by atoms with Crippen molar-refractivity contribution in [3.05, 3.63) is 11.8 Å². The third-order valence-corrected chi connectivity index (χ3v) is 1.24. The minimum Gasteiger partial charge on any atom is -0.227 e. The Labute approximate surface area is 54.0 Å². The van der Waals surface area contributed by atoms with Crippen LogP contribution in [-0.4, -0.2) is 10.8 Å². The van der Waals surface area contributed by atoms with E-state index in [1.165, 1.54) is 5.12 Å². The summed E-state index contributed by atoms with van der Waals surface area (Å²) >= 11 is 0. The van der Waals surface area contributed by atoms with Gasteiger partial charge in [0.05, 0.1) is 5.71 Å². The molecular weight excluding hydrogens is 116 g/mol. The lowest BCUT2D eigenvalue weighted by Crippen LogP contribution is -2.39. The molecule has 0 aromatic heterocycles. The molecule has 0 fully saturated rings. The number of hydrogen-bond donors (Lipinski definition) is 2. The SMILES string of the molecule is CC1=CN(N)NN=C1C. The van der Waals surface area contributed by atoms with Crippen LogP contribution in [0.4, 0.5) is 0 Å². The Balaban J connectivity index is 2.75. The third-order valence-electron chi connectivity index (χ3n) is 1.24. The van der Waals surface area contributed by atoms with Crippen molar-refractivity contribution in [2.75, 3.05) is 0 Å². The fraction of sp³-hybridized carbons (Fsp3) is 0.400. The van der Waals surface area contributed by atoms with Crippen LogP contribution in [0.5, 0.6) is 0 Å². The zero-order chi connectivity index (χ0) is 6.85. The number of allylic oxidation sites excluding steroid dienone is 1. The summed E-state index contributed by atoms with van der Waals surface area (Å²) in [5, 5.41) is 5.21. The summed E-state index contributed by atoms with van der Waals surface area (Å²) in [5.41, 5.74) is 4.63. The van der Waals surface area contributed by atoms with Gasteiger partial charge in [-0.1, -0.05) is 0 Å². The lowest BCUT2D eigenvalue weighted by molar-refractivity contribution is 0.280. The van der Waals surface area contributed by atoms with Gasteiger partial charge in [-0.25, -0.2) is 16.5 Å². The molecule has 0 spiro atoms. The lowest BCUT2D eigenvalue weighted by atomic mass is 10.2. The molecule has 1 aliphatic rings. The van der Waals surface area contributed by atoms with Crippen LogP contribution in [0.3, 0.4) is 0 Å². The average molecular weight is 126 g/mol. The van der Waals surface area contributed by atoms with Crippen LogP contribution < -0.4 is 11.4 Å². The minimum atomic E-state index is 0.969. The van der Waals surface area contributed by atoms with E-state index in [4.69, 9.17) is 5.84 Å². The first-order chi connectivity index (χ1) is 4.20. The summed E-state index contributed by atoms with van der Waals surface area (Å²) in [6, 6.07) is 0. The monoisotopic (exact) mass is 126 g/mol. The predicted octanol–water partition coefficient (Wildman–Crippen LogP) is -0.0400. The highest BCUT2D eigenvalue weighted by molar-refractivity contribution is 5.97. The molecule has 50 valence electrons. The second-order valence-electron chi connectivity index (χ2n) is 2.02. The molecule has 0 saturated heterocycles. The van der Waals surface area contributed by atoms with Crippen LogP contribution in [0.2, 0.25) is 0 Å². The lowest BCUT2D eigenvalue weighted by Gasteiger charge is -2.18. The van der Waals surface area contributed by atoms with Gasteiger partial charge in [-0.05, 0) is 19.4 Å². The summed E-state index contributed by atoms with van der Waals surface area (Å²) < 4.78 is 0. The van der Waals surface area contributed by atoms with Gasteiger partial charge in [-0.2, -0.15) is 5.10 Å². The molecule has 1 aliphatic heterocycles. The fourth-order valence-electron chi connectivity index (χ4n) is 0.552. The minimum absolute atomic E-state index is 0.969. The van der Waals surface area contributed by atoms with Gasteiger partial charge in [0.2, 0.25) is 0 Å². The Kier molecular flexibility index (Phi) is 1.40. The van der Waals surface area contributed by atoms with E-state index in [0.717, 1.165) is 11.3 Å². The van der Waals surface area contributed by atoms with Gasteiger partial charge >= 0.3 is 0 Å². The first kappa shape index (κ1) is 6.10. The predicted molar refractivity (Wildman–Crippen MR) is 36.0 cm³/mol. The first-order valence-corrected chi connectivity index (χ1v) is 2.73. The Hall–Kier alpha value is -1.03. The van der Waals surface area contributed by atoms with Crippen molar-refractivity contribution in [3.8, 4) is 0 Å². The van der Waals surface area contributed by atoms with Crippen molar-refractivity contribution in [1.29, 1.82) is 0 Å². The summed E-state index contributed by atoms with van der Waals surface area (Å²) in [6.45, 7) is 3.88. The van der Waals surface area contributed by atoms with E-state index >= 15 is 0 Å². The van der Waals surface area contributed by atoms with Gasteiger partial charge in [0.25, 0.3) is 0 Å². The van der Waals surface area contributed by atoms with Crippen LogP contribution in [-0.2, 0) is 0 Å². The first-order valence-electron chi connectivity index (χ1n) is 2.73. The molecule has 0 aromatic rings. The highest BCUT2D eigenvalue weighted by Gasteiger charge is 2.01. The van der Waals surface area contributed by atoms with Gasteiger partial charge in [0.1, 0.15) is 0 Å². The van der Waals surface area contributed by atoms with Crippen molar-refractivity contribution < 1.29 is 0 Å². The van der Waals surface area contributed by atoms with Crippen LogP contribution in [0.25, 0.3) is 0 Å². The van der Waals surface area contributed by atoms with E-state index in [1.807, 2.05) is 13.8 Å². The van der Waals surface area contributed by atoms with E-state index in [0.29, 0.717) is 0 Å². The van der Waals surface area contributed by atoms with Crippen LogP contribution in [0, 0.1) is 0 Å². The second kappa shape index (κ2) is 2.06. The Morgan fingerprint density at radius 3 is 2.78 bits per heavy atom. The molecule has 0 radical (unpaired) electrons. The number of hydrazine groups is 2. The molecule has 0 aromatic carbocycles. The molecule has 0 unspecified atom stereocenters. The molecule has 4 nitrogen and oxygen atoms in total. The Bertz CT molecular complexity index is 170. The fourth-order valence-corrected chi connectivity index (χ4v) is 0.552. The van der Waals surface area contributed by atoms with Gasteiger partial charge < -0.3 is 0 Å². The highest BCUT2D eigenvalue weighted by Crippen LogP contribution is 1.99. The number of nitrogens with two attached hydrogens (primary N) is 1. The van der Waals surface area contributed by atoms with Gasteiger partial charge in [0.15, 0.2) is 0 Å². The smallest absolute Gasteiger partial charge is 0.0637 e. The van der Waals surface area contributed by atoms with Crippen LogP contribution in [0.1, 0.15) is 13.8 Å². The van der Waals surface area contributed by atoms with Crippen molar-refractivity contribution in [3.63, 3.8) is 0 Å². The van der Waals surface area contributed by atoms with Crippen molar-refractivity contribution in [1.82, 2.24) is 10.7 Å². The van der Waals surface area contributed by atoms with E-state index in [-0.39, 0.29) is 0 Å². The zero-order valence-corrected chi connectivity index (χ0v) is 5.55. The van der Waals surface area contributed by atoms with Crippen LogP contribution in [0.15, 0.2) is 16.9 Å². The molecule has 4 heteroatoms. The zero-order valence-electron chi connectivity index (χ0n) is 5.55. The molecular formula is C5H10N4. The average Bonchev–Trinajstić information content (AvgIpc) is 1.80. The summed E-state index contributed by atoms with van der Waals surface area (Å²) in [4.78, 5) is 0. The van der Waals surface area contributed by atoms with Crippen LogP contribution >= 0.6 is 0 Å². The molecule has 1 rings (SSSR count). The molecule has 0 aliphatic carbocycles. The molecule has 9 heavy (non-hydrogen) atoms. The Morgan fingerprint density at radius 1 is 1.67 bits per heavy atom. The van der Waals surface area contributed by atoms with Crippen molar-refractivity contribution in [2.24, 2.45) is 10.9 Å². The van der Waals surface area contributed by atoms with E-state index in [9.17, 15) is 0 Å². The number of nitrogens with zero attached hydrogens (tertiary/aromatic N) is 2. The number of nitrogens with one attached hydrogen (secondary N) is 1. The highest BCUT2D eigenvalue weighted by atomic mass is 15.8. The van der Waals surface area contributed by atoms with E-state index in [1.54, 1.807) is 6.20 Å². The number of rotatable bonds is 0. The third kappa shape index (κ3) is 1.20. The van der Waals surface area contributed by atoms with Gasteiger partial charge in [0, 0.05) is 6.20 Å². The molecule has 0 amide bonds. The molecule has 3 N–H and O–H groups in total. The number of hydrazone groups is 1. The normalized spacial score (nSPS) is 18.3. The quantitative estimate of drug-likeness (QED) is 0.448. The largest absolute Gasteiger partial charge is 0.227 e. The second-order valence-corrected chi connectivity index (χ2v) is 2.02. The summed E-state index contributed by atoms with van der Waals surface area (Å²) in [6.07, 6.45) is 1.78. The molecule has 1 heterocycles. The van der Waals surface area contributed by atoms with Gasteiger partial charge in [-0.15, -0.1) is 0 Å².